The number of nitrogens with zero attached hydrogens (tertiary/aromatic N) is 1. The van der Waals surface area contributed by atoms with Crippen molar-refractivity contribution < 1.29 is 19.2 Å². The molecular formula is C24H20ClNO4. The van der Waals surface area contributed by atoms with E-state index in [9.17, 15) is 9.59 Å². The summed E-state index contributed by atoms with van der Waals surface area (Å²) in [5, 5.41) is 2.28. The molecule has 1 saturated heterocycles. The average Bonchev–Trinajstić information content (AvgIpc) is 3.20. The van der Waals surface area contributed by atoms with Crippen molar-refractivity contribution in [3.8, 4) is 0 Å². The maximum atomic E-state index is 13.2. The van der Waals surface area contributed by atoms with Gasteiger partial charge >= 0.3 is 5.97 Å². The fourth-order valence-electron chi connectivity index (χ4n) is 3.79. The van der Waals surface area contributed by atoms with Crippen LogP contribution < -0.4 is 5.06 Å². The Morgan fingerprint density at radius 2 is 1.47 bits per heavy atom. The van der Waals surface area contributed by atoms with E-state index in [1.54, 1.807) is 29.3 Å². The number of hydroxylamine groups is 1. The van der Waals surface area contributed by atoms with Crippen molar-refractivity contribution in [1.29, 1.82) is 0 Å². The summed E-state index contributed by atoms with van der Waals surface area (Å²) in [6.07, 6.45) is -0.681. The molecule has 3 aromatic rings. The van der Waals surface area contributed by atoms with Crippen LogP contribution in [0.5, 0.6) is 0 Å². The topological polar surface area (TPSA) is 55.8 Å². The van der Waals surface area contributed by atoms with Crippen LogP contribution in [-0.2, 0) is 19.2 Å². The van der Waals surface area contributed by atoms with Gasteiger partial charge in [-0.05, 0) is 35.4 Å². The standard InChI is InChI=1S/C24H20ClNO4/c1-29-24(28)22(27)20-21(16-8-4-2-5-9-16)26(19-10-6-3-7-11-19)30-23(20)17-12-14-18(25)15-13-17/h2-15,20-21,23H,1H3/t20-,21+,23-/m0/s1. The van der Waals surface area contributed by atoms with Gasteiger partial charge < -0.3 is 4.74 Å². The van der Waals surface area contributed by atoms with Crippen molar-refractivity contribution in [3.63, 3.8) is 0 Å². The number of benzene rings is 3. The largest absolute Gasteiger partial charge is 0.463 e. The molecule has 0 amide bonds. The highest BCUT2D eigenvalue weighted by atomic mass is 35.5. The highest BCUT2D eigenvalue weighted by Crippen LogP contribution is 2.49. The van der Waals surface area contributed by atoms with Crippen LogP contribution in [0.3, 0.4) is 0 Å². The highest BCUT2D eigenvalue weighted by Gasteiger charge is 2.51. The summed E-state index contributed by atoms with van der Waals surface area (Å²) >= 11 is 6.05. The minimum Gasteiger partial charge on any atom is -0.463 e. The second-order valence-corrected chi connectivity index (χ2v) is 7.41. The summed E-state index contributed by atoms with van der Waals surface area (Å²) in [4.78, 5) is 31.8. The van der Waals surface area contributed by atoms with Gasteiger partial charge in [0, 0.05) is 5.02 Å². The van der Waals surface area contributed by atoms with Crippen molar-refractivity contribution in [1.82, 2.24) is 0 Å². The number of ether oxygens (including phenoxy) is 1. The van der Waals surface area contributed by atoms with Crippen LogP contribution in [0.2, 0.25) is 5.02 Å². The maximum absolute atomic E-state index is 13.2. The minimum atomic E-state index is -0.890. The lowest BCUT2D eigenvalue weighted by molar-refractivity contribution is -0.154. The van der Waals surface area contributed by atoms with E-state index in [1.165, 1.54) is 7.11 Å². The minimum absolute atomic E-state index is 0.513. The van der Waals surface area contributed by atoms with E-state index in [0.717, 1.165) is 16.8 Å². The third kappa shape index (κ3) is 3.82. The molecular weight excluding hydrogens is 402 g/mol. The van der Waals surface area contributed by atoms with Crippen LogP contribution in [0, 0.1) is 5.92 Å². The van der Waals surface area contributed by atoms with Crippen LogP contribution in [0.1, 0.15) is 23.3 Å². The number of methoxy groups -OCH3 is 1. The predicted molar refractivity (Wildman–Crippen MR) is 114 cm³/mol. The SMILES string of the molecule is COC(=O)C(=O)[C@@H]1[C@@H](c2ccccc2)N(c2ccccc2)O[C@H]1c1ccc(Cl)cc1. The van der Waals surface area contributed by atoms with E-state index in [2.05, 4.69) is 0 Å². The molecule has 1 aliphatic heterocycles. The Morgan fingerprint density at radius 3 is 2.07 bits per heavy atom. The Balaban J connectivity index is 1.86. The molecule has 6 heteroatoms. The Bertz CT molecular complexity index is 1020. The van der Waals surface area contributed by atoms with Crippen LogP contribution in [0.25, 0.3) is 0 Å². The molecule has 1 aliphatic rings. The van der Waals surface area contributed by atoms with Gasteiger partial charge in [-0.2, -0.15) is 0 Å². The van der Waals surface area contributed by atoms with Crippen molar-refractivity contribution >= 4 is 29.0 Å². The second-order valence-electron chi connectivity index (χ2n) is 6.98. The van der Waals surface area contributed by atoms with E-state index in [-0.39, 0.29) is 0 Å². The number of esters is 1. The molecule has 1 fully saturated rings. The maximum Gasteiger partial charge on any atom is 0.374 e. The number of carbonyl (C=O) groups is 2. The molecule has 5 nitrogen and oxygen atoms in total. The van der Waals surface area contributed by atoms with Crippen molar-refractivity contribution in [2.75, 3.05) is 12.2 Å². The van der Waals surface area contributed by atoms with Crippen LogP contribution in [-0.4, -0.2) is 18.9 Å². The summed E-state index contributed by atoms with van der Waals surface area (Å²) in [6.45, 7) is 0. The number of anilines is 1. The zero-order valence-corrected chi connectivity index (χ0v) is 17.0. The van der Waals surface area contributed by atoms with Gasteiger partial charge in [-0.15, -0.1) is 0 Å². The summed E-state index contributed by atoms with van der Waals surface area (Å²) in [5.74, 6) is -2.33. The smallest absolute Gasteiger partial charge is 0.374 e. The zero-order valence-electron chi connectivity index (χ0n) is 16.3. The molecule has 3 atom stereocenters. The van der Waals surface area contributed by atoms with Crippen LogP contribution >= 0.6 is 11.6 Å². The molecule has 4 rings (SSSR count). The van der Waals surface area contributed by atoms with E-state index < -0.39 is 29.8 Å². The second kappa shape index (κ2) is 8.69. The summed E-state index contributed by atoms with van der Waals surface area (Å²) < 4.78 is 4.77. The van der Waals surface area contributed by atoms with Crippen molar-refractivity contribution in [3.05, 3.63) is 101 Å². The van der Waals surface area contributed by atoms with Crippen LogP contribution in [0.4, 0.5) is 5.69 Å². The summed E-state index contributed by atoms with van der Waals surface area (Å²) in [5.41, 5.74) is 2.39. The van der Waals surface area contributed by atoms with E-state index in [0.29, 0.717) is 5.02 Å². The van der Waals surface area contributed by atoms with Gasteiger partial charge in [-0.25, -0.2) is 9.86 Å². The zero-order chi connectivity index (χ0) is 21.1. The molecule has 0 radical (unpaired) electrons. The van der Waals surface area contributed by atoms with Gasteiger partial charge in [0.25, 0.3) is 0 Å². The molecule has 0 unspecified atom stereocenters. The molecule has 0 N–H and O–H groups in total. The Labute approximate surface area is 179 Å². The number of ketones is 1. The molecule has 152 valence electrons. The highest BCUT2D eigenvalue weighted by molar-refractivity contribution is 6.35. The third-order valence-electron chi connectivity index (χ3n) is 5.19. The Morgan fingerprint density at radius 1 is 0.867 bits per heavy atom. The van der Waals surface area contributed by atoms with E-state index in [4.69, 9.17) is 21.2 Å². The van der Waals surface area contributed by atoms with Gasteiger partial charge in [0.05, 0.1) is 24.8 Å². The lowest BCUT2D eigenvalue weighted by atomic mass is 9.83. The normalized spacial score (nSPS) is 20.7. The average molecular weight is 422 g/mol. The number of hydrogen-bond acceptors (Lipinski definition) is 5. The molecule has 3 aromatic carbocycles. The monoisotopic (exact) mass is 421 g/mol. The molecule has 0 bridgehead atoms. The van der Waals surface area contributed by atoms with Crippen molar-refractivity contribution in [2.45, 2.75) is 12.1 Å². The van der Waals surface area contributed by atoms with Gasteiger partial charge in [-0.1, -0.05) is 72.3 Å². The first-order chi connectivity index (χ1) is 14.6. The molecule has 0 saturated carbocycles. The van der Waals surface area contributed by atoms with Gasteiger partial charge in [0.1, 0.15) is 6.10 Å². The van der Waals surface area contributed by atoms with Gasteiger partial charge in [0.2, 0.25) is 5.78 Å². The number of halogens is 1. The van der Waals surface area contributed by atoms with E-state index >= 15 is 0 Å². The fraction of sp³-hybridized carbons (Fsp3) is 0.167. The molecule has 0 spiro atoms. The van der Waals surface area contributed by atoms with Gasteiger partial charge in [0.15, 0.2) is 0 Å². The predicted octanol–water partition coefficient (Wildman–Crippen LogP) is 4.93. The number of rotatable bonds is 5. The summed E-state index contributed by atoms with van der Waals surface area (Å²) in [6, 6.07) is 25.6. The fourth-order valence-corrected chi connectivity index (χ4v) is 3.92. The Kier molecular flexibility index (Phi) is 5.84. The first kappa shape index (κ1) is 20.1. The Hall–Kier alpha value is -3.15. The number of carbonyl (C=O) groups excluding carboxylic acids is 2. The van der Waals surface area contributed by atoms with Crippen molar-refractivity contribution in [2.24, 2.45) is 5.92 Å². The lowest BCUT2D eigenvalue weighted by Crippen LogP contribution is -2.33. The molecule has 30 heavy (non-hydrogen) atoms. The first-order valence-corrected chi connectivity index (χ1v) is 9.91. The third-order valence-corrected chi connectivity index (χ3v) is 5.44. The number of para-hydroxylation sites is 1. The molecule has 0 aromatic heterocycles. The van der Waals surface area contributed by atoms with Crippen LogP contribution in [0.15, 0.2) is 84.9 Å². The number of Topliss-reactive ketones (excluding diaryl/α,β-unsaturated/α-hetero) is 1. The first-order valence-electron chi connectivity index (χ1n) is 9.54. The lowest BCUT2D eigenvalue weighted by Gasteiger charge is -2.26. The van der Waals surface area contributed by atoms with Gasteiger partial charge in [-0.3, -0.25) is 9.63 Å². The number of hydrogen-bond donors (Lipinski definition) is 0. The van der Waals surface area contributed by atoms with E-state index in [1.807, 2.05) is 60.7 Å². The quantitative estimate of drug-likeness (QED) is 0.431. The molecule has 0 aliphatic carbocycles. The molecule has 1 heterocycles. The summed E-state index contributed by atoms with van der Waals surface area (Å²) in [7, 11) is 1.21.